The summed E-state index contributed by atoms with van der Waals surface area (Å²) in [6.07, 6.45) is 0.838. The summed E-state index contributed by atoms with van der Waals surface area (Å²) < 4.78 is 0. The lowest BCUT2D eigenvalue weighted by Crippen LogP contribution is -2.25. The summed E-state index contributed by atoms with van der Waals surface area (Å²) in [6.45, 7) is 5.01. The first-order chi connectivity index (χ1) is 11.1. The van der Waals surface area contributed by atoms with E-state index in [1.165, 1.54) is 11.1 Å². The van der Waals surface area contributed by atoms with E-state index in [4.69, 9.17) is 0 Å². The summed E-state index contributed by atoms with van der Waals surface area (Å²) >= 11 is 0. The molecule has 3 rings (SSSR count). The van der Waals surface area contributed by atoms with Gasteiger partial charge >= 0.3 is 0 Å². The number of rotatable bonds is 5. The van der Waals surface area contributed by atoms with Crippen LogP contribution in [0.15, 0.2) is 54.6 Å². The van der Waals surface area contributed by atoms with Crippen molar-refractivity contribution < 1.29 is 4.79 Å². The fourth-order valence-electron chi connectivity index (χ4n) is 2.68. The second kappa shape index (κ2) is 6.69. The third kappa shape index (κ3) is 3.62. The smallest absolute Gasteiger partial charge is 0.267 e. The fraction of sp³-hybridized carbons (Fsp3) is 0.250. The van der Waals surface area contributed by atoms with Crippen LogP contribution in [0.5, 0.6) is 0 Å². The molecular formula is C20H22N2O. The average Bonchev–Trinajstić information content (AvgIpc) is 2.99. The summed E-state index contributed by atoms with van der Waals surface area (Å²) in [5.41, 5.74) is 4.19. The van der Waals surface area contributed by atoms with Gasteiger partial charge in [-0.2, -0.15) is 0 Å². The predicted octanol–water partition coefficient (Wildman–Crippen LogP) is 4.26. The third-order valence-electron chi connectivity index (χ3n) is 4.12. The molecule has 2 aromatic carbocycles. The summed E-state index contributed by atoms with van der Waals surface area (Å²) in [6, 6.07) is 18.4. The van der Waals surface area contributed by atoms with Crippen molar-refractivity contribution in [3.63, 3.8) is 0 Å². The molecule has 0 radical (unpaired) electrons. The van der Waals surface area contributed by atoms with E-state index in [-0.39, 0.29) is 5.91 Å². The molecule has 1 amide bonds. The van der Waals surface area contributed by atoms with Gasteiger partial charge in [-0.25, -0.2) is 0 Å². The number of carbonyl (C=O) groups is 1. The summed E-state index contributed by atoms with van der Waals surface area (Å²) in [5.74, 6) is 0.491. The minimum atomic E-state index is -0.0556. The molecular weight excluding hydrogens is 284 g/mol. The van der Waals surface area contributed by atoms with Gasteiger partial charge in [0.15, 0.2) is 0 Å². The third-order valence-corrected chi connectivity index (χ3v) is 4.12. The standard InChI is InChI=1S/C20H22N2O/c1-14(2)16-9-7-15(8-10-16)11-12-21-20(23)19-13-17-5-3-4-6-18(17)22-19/h3-10,13-14,22H,11-12H2,1-2H3,(H,21,23). The quantitative estimate of drug-likeness (QED) is 0.726. The molecule has 3 nitrogen and oxygen atoms in total. The van der Waals surface area contributed by atoms with E-state index in [1.807, 2.05) is 30.3 Å². The van der Waals surface area contributed by atoms with Crippen LogP contribution in [0.1, 0.15) is 41.4 Å². The van der Waals surface area contributed by atoms with Crippen molar-refractivity contribution in [3.8, 4) is 0 Å². The van der Waals surface area contributed by atoms with Crippen LogP contribution >= 0.6 is 0 Å². The molecule has 0 atom stereocenters. The van der Waals surface area contributed by atoms with Crippen molar-refractivity contribution in [2.75, 3.05) is 6.54 Å². The van der Waals surface area contributed by atoms with Gasteiger partial charge in [0.25, 0.3) is 5.91 Å². The van der Waals surface area contributed by atoms with E-state index in [0.717, 1.165) is 17.3 Å². The Labute approximate surface area is 136 Å². The van der Waals surface area contributed by atoms with Crippen molar-refractivity contribution in [1.82, 2.24) is 10.3 Å². The van der Waals surface area contributed by atoms with Crippen molar-refractivity contribution in [2.45, 2.75) is 26.2 Å². The number of amides is 1. The highest BCUT2D eigenvalue weighted by Crippen LogP contribution is 2.15. The molecule has 0 unspecified atom stereocenters. The summed E-state index contributed by atoms with van der Waals surface area (Å²) in [7, 11) is 0. The zero-order valence-corrected chi connectivity index (χ0v) is 13.6. The predicted molar refractivity (Wildman–Crippen MR) is 94.9 cm³/mol. The number of nitrogens with one attached hydrogen (secondary N) is 2. The van der Waals surface area contributed by atoms with Crippen LogP contribution < -0.4 is 5.32 Å². The number of H-pyrrole nitrogens is 1. The van der Waals surface area contributed by atoms with Crippen LogP contribution in [0, 0.1) is 0 Å². The molecule has 0 aliphatic carbocycles. The van der Waals surface area contributed by atoms with Gasteiger partial charge in [0, 0.05) is 17.4 Å². The number of para-hydroxylation sites is 1. The normalized spacial score (nSPS) is 11.1. The zero-order valence-electron chi connectivity index (χ0n) is 13.6. The monoisotopic (exact) mass is 306 g/mol. The molecule has 23 heavy (non-hydrogen) atoms. The largest absolute Gasteiger partial charge is 0.351 e. The van der Waals surface area contributed by atoms with Crippen molar-refractivity contribution >= 4 is 16.8 Å². The number of hydrogen-bond donors (Lipinski definition) is 2. The highest BCUT2D eigenvalue weighted by molar-refractivity contribution is 5.97. The number of carbonyl (C=O) groups excluding carboxylic acids is 1. The second-order valence-electron chi connectivity index (χ2n) is 6.17. The van der Waals surface area contributed by atoms with E-state index >= 15 is 0 Å². The first kappa shape index (κ1) is 15.3. The Morgan fingerprint density at radius 2 is 1.83 bits per heavy atom. The van der Waals surface area contributed by atoms with Crippen LogP contribution in [0.3, 0.4) is 0 Å². The van der Waals surface area contributed by atoms with Gasteiger partial charge in [0.05, 0.1) is 0 Å². The van der Waals surface area contributed by atoms with E-state index in [9.17, 15) is 4.79 Å². The molecule has 0 saturated carbocycles. The number of aromatic amines is 1. The lowest BCUT2D eigenvalue weighted by atomic mass is 10.0. The van der Waals surface area contributed by atoms with Gasteiger partial charge in [0.1, 0.15) is 5.69 Å². The Kier molecular flexibility index (Phi) is 4.47. The van der Waals surface area contributed by atoms with Gasteiger partial charge in [-0.15, -0.1) is 0 Å². The Balaban J connectivity index is 1.56. The Morgan fingerprint density at radius 3 is 2.52 bits per heavy atom. The SMILES string of the molecule is CC(C)c1ccc(CCNC(=O)c2cc3ccccc3[nH]2)cc1. The Hall–Kier alpha value is -2.55. The molecule has 1 heterocycles. The van der Waals surface area contributed by atoms with Crippen LogP contribution in [0.4, 0.5) is 0 Å². The van der Waals surface area contributed by atoms with Gasteiger partial charge in [-0.1, -0.05) is 56.3 Å². The zero-order chi connectivity index (χ0) is 16.2. The van der Waals surface area contributed by atoms with Gasteiger partial charge < -0.3 is 10.3 Å². The van der Waals surface area contributed by atoms with Crippen LogP contribution in [-0.4, -0.2) is 17.4 Å². The van der Waals surface area contributed by atoms with Gasteiger partial charge in [0.2, 0.25) is 0 Å². The average molecular weight is 306 g/mol. The molecule has 0 spiro atoms. The van der Waals surface area contributed by atoms with Crippen molar-refractivity contribution in [3.05, 3.63) is 71.4 Å². The van der Waals surface area contributed by atoms with E-state index < -0.39 is 0 Å². The molecule has 3 heteroatoms. The molecule has 0 saturated heterocycles. The lowest BCUT2D eigenvalue weighted by Gasteiger charge is -2.07. The van der Waals surface area contributed by atoms with E-state index in [0.29, 0.717) is 18.2 Å². The first-order valence-corrected chi connectivity index (χ1v) is 8.08. The highest BCUT2D eigenvalue weighted by Gasteiger charge is 2.08. The van der Waals surface area contributed by atoms with Crippen LogP contribution in [0.25, 0.3) is 10.9 Å². The number of benzene rings is 2. The van der Waals surface area contributed by atoms with E-state index in [1.54, 1.807) is 0 Å². The Morgan fingerprint density at radius 1 is 1.09 bits per heavy atom. The lowest BCUT2D eigenvalue weighted by molar-refractivity contribution is 0.0950. The molecule has 0 fully saturated rings. The topological polar surface area (TPSA) is 44.9 Å². The van der Waals surface area contributed by atoms with E-state index in [2.05, 4.69) is 48.4 Å². The van der Waals surface area contributed by atoms with Gasteiger partial charge in [-0.3, -0.25) is 4.79 Å². The number of fused-ring (bicyclic) bond motifs is 1. The first-order valence-electron chi connectivity index (χ1n) is 8.08. The summed E-state index contributed by atoms with van der Waals surface area (Å²) in [4.78, 5) is 15.4. The number of hydrogen-bond acceptors (Lipinski definition) is 1. The minimum absolute atomic E-state index is 0.0556. The fourth-order valence-corrected chi connectivity index (χ4v) is 2.68. The molecule has 0 aliphatic rings. The maximum absolute atomic E-state index is 12.2. The van der Waals surface area contributed by atoms with Crippen molar-refractivity contribution in [1.29, 1.82) is 0 Å². The molecule has 3 aromatic rings. The van der Waals surface area contributed by atoms with Crippen LogP contribution in [0.2, 0.25) is 0 Å². The van der Waals surface area contributed by atoms with Crippen LogP contribution in [-0.2, 0) is 6.42 Å². The van der Waals surface area contributed by atoms with Crippen molar-refractivity contribution in [2.24, 2.45) is 0 Å². The molecule has 0 aliphatic heterocycles. The number of aromatic nitrogens is 1. The molecule has 0 bridgehead atoms. The molecule has 2 N–H and O–H groups in total. The van der Waals surface area contributed by atoms with Gasteiger partial charge in [-0.05, 0) is 35.6 Å². The second-order valence-corrected chi connectivity index (χ2v) is 6.17. The minimum Gasteiger partial charge on any atom is -0.351 e. The maximum Gasteiger partial charge on any atom is 0.267 e. The molecule has 118 valence electrons. The summed E-state index contributed by atoms with van der Waals surface area (Å²) in [5, 5.41) is 4.03. The highest BCUT2D eigenvalue weighted by atomic mass is 16.1. The Bertz CT molecular complexity index is 767. The molecule has 1 aromatic heterocycles. The maximum atomic E-state index is 12.2.